The van der Waals surface area contributed by atoms with Crippen molar-refractivity contribution in [3.8, 4) is 5.75 Å². The van der Waals surface area contributed by atoms with E-state index >= 15 is 0 Å². The summed E-state index contributed by atoms with van der Waals surface area (Å²) in [6, 6.07) is 7.30. The number of nitrogens with zero attached hydrogens (tertiary/aromatic N) is 2. The molecule has 0 unspecified atom stereocenters. The van der Waals surface area contributed by atoms with E-state index < -0.39 is 52.3 Å². The van der Waals surface area contributed by atoms with Gasteiger partial charge in [0.2, 0.25) is 0 Å². The molecule has 0 aliphatic heterocycles. The molecule has 1 N–H and O–H groups in total. The summed E-state index contributed by atoms with van der Waals surface area (Å²) in [6.45, 7) is -0.193. The van der Waals surface area contributed by atoms with Crippen LogP contribution in [0.25, 0.3) is 0 Å². The van der Waals surface area contributed by atoms with E-state index in [9.17, 15) is 35.5 Å². The first kappa shape index (κ1) is 22.4. The van der Waals surface area contributed by atoms with Gasteiger partial charge in [0.25, 0.3) is 5.91 Å². The maximum absolute atomic E-state index is 13.9. The molecule has 3 rings (SSSR count). The predicted molar refractivity (Wildman–Crippen MR) is 93.5 cm³/mol. The Labute approximate surface area is 174 Å². The van der Waals surface area contributed by atoms with Crippen molar-refractivity contribution in [3.63, 3.8) is 0 Å². The number of nitrogens with one attached hydrogen (secondary N) is 1. The van der Waals surface area contributed by atoms with Crippen LogP contribution in [0.15, 0.2) is 36.5 Å². The Kier molecular flexibility index (Phi) is 6.11. The molecule has 3 aromatic rings. The Balaban J connectivity index is 1.77. The molecule has 2 aromatic carbocycles. The largest absolute Gasteiger partial charge is 0.471 e. The van der Waals surface area contributed by atoms with Crippen molar-refractivity contribution in [2.75, 3.05) is 5.32 Å². The Hall–Kier alpha value is -3.28. The highest BCUT2D eigenvalue weighted by Gasteiger charge is 2.42. The summed E-state index contributed by atoms with van der Waals surface area (Å²) in [5.74, 6) is -11.1. The first-order valence-corrected chi connectivity index (χ1v) is 8.53. The van der Waals surface area contributed by atoms with Gasteiger partial charge in [-0.25, -0.2) is 22.2 Å². The van der Waals surface area contributed by atoms with Gasteiger partial charge in [-0.2, -0.15) is 18.3 Å². The van der Waals surface area contributed by atoms with Crippen LogP contribution in [0.5, 0.6) is 5.75 Å². The van der Waals surface area contributed by atoms with Crippen LogP contribution in [-0.4, -0.2) is 15.7 Å². The maximum Gasteiger partial charge on any atom is 0.422 e. The highest BCUT2D eigenvalue weighted by Crippen LogP contribution is 2.38. The van der Waals surface area contributed by atoms with Gasteiger partial charge in [0.15, 0.2) is 35.7 Å². The van der Waals surface area contributed by atoms with Gasteiger partial charge in [-0.1, -0.05) is 11.6 Å². The van der Waals surface area contributed by atoms with Gasteiger partial charge in [-0.3, -0.25) is 4.79 Å². The minimum absolute atomic E-state index is 0.193. The number of anilines is 1. The Morgan fingerprint density at radius 3 is 2.13 bits per heavy atom. The molecule has 0 atom stereocenters. The van der Waals surface area contributed by atoms with Crippen molar-refractivity contribution in [1.29, 1.82) is 0 Å². The molecule has 1 heterocycles. The van der Waals surface area contributed by atoms with Crippen molar-refractivity contribution in [2.45, 2.75) is 12.9 Å². The Morgan fingerprint density at radius 2 is 1.58 bits per heavy atom. The summed E-state index contributed by atoms with van der Waals surface area (Å²) in [6.07, 6.45) is -4.45. The van der Waals surface area contributed by atoms with E-state index in [0.717, 1.165) is 10.7 Å². The number of rotatable bonds is 5. The second-order valence-electron chi connectivity index (χ2n) is 5.93. The van der Waals surface area contributed by atoms with Gasteiger partial charge in [0.1, 0.15) is 17.0 Å². The molecular weight excluding hydrogens is 459 g/mol. The Bertz CT molecular complexity index is 1100. The summed E-state index contributed by atoms with van der Waals surface area (Å²) >= 11 is 5.73. The highest BCUT2D eigenvalue weighted by atomic mass is 35.5. The summed E-state index contributed by atoms with van der Waals surface area (Å²) in [4.78, 5) is 12.1. The summed E-state index contributed by atoms with van der Waals surface area (Å²) < 4.78 is 99.4. The normalized spacial score (nSPS) is 11.5. The minimum atomic E-state index is -5.69. The molecule has 1 aromatic heterocycles. The number of carbonyl (C=O) groups is 1. The van der Waals surface area contributed by atoms with Crippen molar-refractivity contribution < 1.29 is 40.3 Å². The Morgan fingerprint density at radius 1 is 1.00 bits per heavy atom. The van der Waals surface area contributed by atoms with Crippen LogP contribution in [0.4, 0.5) is 36.4 Å². The van der Waals surface area contributed by atoms with E-state index in [1.165, 1.54) is 11.5 Å². The molecular formula is C18H9ClF7N3O2. The number of aromatic nitrogens is 2. The van der Waals surface area contributed by atoms with Crippen molar-refractivity contribution in [3.05, 3.63) is 76.1 Å². The monoisotopic (exact) mass is 467 g/mol. The number of hydrogen-bond acceptors (Lipinski definition) is 3. The number of benzene rings is 2. The van der Waals surface area contributed by atoms with E-state index in [4.69, 9.17) is 16.3 Å². The molecule has 0 aliphatic carbocycles. The lowest BCUT2D eigenvalue weighted by Crippen LogP contribution is -2.20. The summed E-state index contributed by atoms with van der Waals surface area (Å²) in [5, 5.41) is 5.70. The van der Waals surface area contributed by atoms with Crippen molar-refractivity contribution >= 4 is 23.2 Å². The van der Waals surface area contributed by atoms with E-state index in [-0.39, 0.29) is 6.73 Å². The lowest BCUT2D eigenvalue weighted by atomic mass is 10.1. The topological polar surface area (TPSA) is 56.2 Å². The van der Waals surface area contributed by atoms with E-state index in [1.54, 1.807) is 24.3 Å². The molecule has 164 valence electrons. The summed E-state index contributed by atoms with van der Waals surface area (Å²) in [7, 11) is 0. The van der Waals surface area contributed by atoms with Crippen LogP contribution >= 0.6 is 11.6 Å². The fraction of sp³-hybridized carbons (Fsp3) is 0.111. The van der Waals surface area contributed by atoms with E-state index in [2.05, 4.69) is 5.10 Å². The van der Waals surface area contributed by atoms with Gasteiger partial charge >= 0.3 is 6.18 Å². The average Bonchev–Trinajstić information content (AvgIpc) is 3.17. The first-order chi connectivity index (χ1) is 14.5. The fourth-order valence-corrected chi connectivity index (χ4v) is 2.52. The number of hydrogen-bond donors (Lipinski definition) is 1. The van der Waals surface area contributed by atoms with Crippen LogP contribution in [-0.2, 0) is 12.9 Å². The molecule has 0 saturated heterocycles. The van der Waals surface area contributed by atoms with Crippen LogP contribution in [0, 0.1) is 23.3 Å². The number of ether oxygens (including phenoxy) is 1. The lowest BCUT2D eigenvalue weighted by molar-refractivity contribution is -0.143. The molecule has 0 bridgehead atoms. The minimum Gasteiger partial charge on any atom is -0.471 e. The zero-order valence-corrected chi connectivity index (χ0v) is 15.7. The molecule has 13 heteroatoms. The second kappa shape index (κ2) is 8.46. The van der Waals surface area contributed by atoms with Gasteiger partial charge in [-0.15, -0.1) is 0 Å². The number of carbonyl (C=O) groups excluding carboxylic acids is 1. The molecule has 0 fully saturated rings. The molecule has 5 nitrogen and oxygen atoms in total. The molecule has 0 saturated carbocycles. The second-order valence-corrected chi connectivity index (χ2v) is 6.36. The molecule has 0 spiro atoms. The lowest BCUT2D eigenvalue weighted by Gasteiger charge is -2.14. The zero-order chi connectivity index (χ0) is 22.9. The van der Waals surface area contributed by atoms with Gasteiger partial charge < -0.3 is 10.1 Å². The van der Waals surface area contributed by atoms with Gasteiger partial charge in [0, 0.05) is 11.2 Å². The van der Waals surface area contributed by atoms with Gasteiger partial charge in [0.05, 0.1) is 0 Å². The SMILES string of the molecule is O=C(Nc1c(F)c(F)c(C(F)(F)F)c(F)c1F)c1ccn(COc2ccc(Cl)cc2)n1. The molecule has 0 aliphatic rings. The number of halogens is 8. The maximum atomic E-state index is 13.9. The van der Waals surface area contributed by atoms with Crippen molar-refractivity contribution in [1.82, 2.24) is 9.78 Å². The first-order valence-electron chi connectivity index (χ1n) is 8.15. The predicted octanol–water partition coefficient (Wildman–Crippen LogP) is 5.40. The highest BCUT2D eigenvalue weighted by molar-refractivity contribution is 6.30. The van der Waals surface area contributed by atoms with Gasteiger partial charge in [-0.05, 0) is 30.3 Å². The summed E-state index contributed by atoms with van der Waals surface area (Å²) in [5.41, 5.74) is -4.93. The smallest absolute Gasteiger partial charge is 0.422 e. The van der Waals surface area contributed by atoms with Crippen LogP contribution in [0.1, 0.15) is 16.1 Å². The fourth-order valence-electron chi connectivity index (χ4n) is 2.39. The third-order valence-electron chi connectivity index (χ3n) is 3.84. The van der Waals surface area contributed by atoms with Crippen molar-refractivity contribution in [2.24, 2.45) is 0 Å². The standard InChI is InChI=1S/C18H9ClF7N3O2/c19-8-1-3-9(4-2-8)31-7-29-6-5-10(28-29)17(30)27-16-14(22)12(20)11(18(24,25)26)13(21)15(16)23/h1-6H,7H2,(H,27,30). The molecule has 1 amide bonds. The quantitative estimate of drug-likeness (QED) is 0.404. The van der Waals surface area contributed by atoms with E-state index in [1.807, 2.05) is 0 Å². The van der Waals surface area contributed by atoms with E-state index in [0.29, 0.717) is 10.8 Å². The average molecular weight is 468 g/mol. The third-order valence-corrected chi connectivity index (χ3v) is 4.09. The molecule has 31 heavy (non-hydrogen) atoms. The number of amides is 1. The molecule has 0 radical (unpaired) electrons. The van der Waals surface area contributed by atoms with Crippen LogP contribution in [0.2, 0.25) is 5.02 Å². The van der Waals surface area contributed by atoms with Crippen LogP contribution in [0.3, 0.4) is 0 Å². The number of alkyl halides is 3. The van der Waals surface area contributed by atoms with Crippen LogP contribution < -0.4 is 10.1 Å². The third kappa shape index (κ3) is 4.74. The zero-order valence-electron chi connectivity index (χ0n) is 14.9.